The quantitative estimate of drug-likeness (QED) is 0.601. The molecular formula is C23H24F3N3O. The van der Waals surface area contributed by atoms with Crippen molar-refractivity contribution in [2.75, 3.05) is 0 Å². The molecule has 4 nitrogen and oxygen atoms in total. The SMILES string of the molecule is OC(c1c(C2CC2)ccc2cncn12)C1CCC(c2ccc(C(F)(F)F)nc2)CC1. The average molecular weight is 415 g/mol. The molecule has 1 atom stereocenters. The Balaban J connectivity index is 1.32. The molecule has 5 rings (SSSR count). The van der Waals surface area contributed by atoms with E-state index in [1.165, 1.54) is 11.8 Å². The molecule has 2 aliphatic rings. The van der Waals surface area contributed by atoms with E-state index in [0.29, 0.717) is 5.92 Å². The minimum absolute atomic E-state index is 0.133. The van der Waals surface area contributed by atoms with Gasteiger partial charge < -0.3 is 9.51 Å². The van der Waals surface area contributed by atoms with Crippen molar-refractivity contribution in [3.05, 3.63) is 65.5 Å². The van der Waals surface area contributed by atoms with E-state index in [2.05, 4.69) is 22.1 Å². The van der Waals surface area contributed by atoms with Gasteiger partial charge in [0.15, 0.2) is 0 Å². The van der Waals surface area contributed by atoms with Crippen molar-refractivity contribution in [1.29, 1.82) is 0 Å². The molecule has 0 bridgehead atoms. The lowest BCUT2D eigenvalue weighted by atomic mass is 9.76. The van der Waals surface area contributed by atoms with Gasteiger partial charge in [-0.25, -0.2) is 4.98 Å². The minimum Gasteiger partial charge on any atom is -0.387 e. The summed E-state index contributed by atoms with van der Waals surface area (Å²) in [7, 11) is 0. The molecular weight excluding hydrogens is 391 g/mol. The molecule has 0 radical (unpaired) electrons. The number of aliphatic hydroxyl groups is 1. The maximum absolute atomic E-state index is 12.7. The third-order valence-corrected chi connectivity index (χ3v) is 6.72. The second-order valence-corrected chi connectivity index (χ2v) is 8.67. The number of rotatable bonds is 4. The van der Waals surface area contributed by atoms with Crippen LogP contribution < -0.4 is 0 Å². The molecule has 0 amide bonds. The Morgan fingerprint density at radius 1 is 0.933 bits per heavy atom. The van der Waals surface area contributed by atoms with E-state index in [9.17, 15) is 18.3 Å². The van der Waals surface area contributed by atoms with Crippen LogP contribution in [0.5, 0.6) is 0 Å². The summed E-state index contributed by atoms with van der Waals surface area (Å²) in [6.45, 7) is 0. The van der Waals surface area contributed by atoms with E-state index < -0.39 is 18.0 Å². The van der Waals surface area contributed by atoms with Crippen LogP contribution in [0.25, 0.3) is 5.52 Å². The van der Waals surface area contributed by atoms with Gasteiger partial charge in [0.25, 0.3) is 0 Å². The summed E-state index contributed by atoms with van der Waals surface area (Å²) >= 11 is 0. The lowest BCUT2D eigenvalue weighted by Gasteiger charge is -2.33. The molecule has 1 unspecified atom stereocenters. The molecule has 30 heavy (non-hydrogen) atoms. The van der Waals surface area contributed by atoms with Gasteiger partial charge in [-0.1, -0.05) is 12.1 Å². The monoisotopic (exact) mass is 415 g/mol. The van der Waals surface area contributed by atoms with Crippen molar-refractivity contribution in [3.63, 3.8) is 0 Å². The molecule has 2 aliphatic carbocycles. The van der Waals surface area contributed by atoms with Crippen LogP contribution in [-0.2, 0) is 6.18 Å². The van der Waals surface area contributed by atoms with Gasteiger partial charge >= 0.3 is 6.18 Å². The first-order valence-corrected chi connectivity index (χ1v) is 10.6. The molecule has 0 spiro atoms. The summed E-state index contributed by atoms with van der Waals surface area (Å²) in [5.41, 5.74) is 3.18. The summed E-state index contributed by atoms with van der Waals surface area (Å²) in [4.78, 5) is 7.86. The minimum atomic E-state index is -4.41. The number of hydrogen-bond donors (Lipinski definition) is 1. The van der Waals surface area contributed by atoms with Crippen LogP contribution in [0.2, 0.25) is 0 Å². The van der Waals surface area contributed by atoms with Crippen molar-refractivity contribution >= 4 is 5.52 Å². The molecule has 1 N–H and O–H groups in total. The molecule has 0 aromatic carbocycles. The van der Waals surface area contributed by atoms with Crippen molar-refractivity contribution in [2.45, 2.75) is 62.6 Å². The molecule has 7 heteroatoms. The maximum atomic E-state index is 12.7. The Kier molecular flexibility index (Phi) is 4.81. The Morgan fingerprint density at radius 3 is 2.30 bits per heavy atom. The average Bonchev–Trinajstić information content (AvgIpc) is 3.48. The first-order valence-electron chi connectivity index (χ1n) is 10.6. The van der Waals surface area contributed by atoms with Crippen LogP contribution in [0.1, 0.15) is 79.0 Å². The predicted octanol–water partition coefficient (Wildman–Crippen LogP) is 5.63. The zero-order chi connectivity index (χ0) is 20.9. The van der Waals surface area contributed by atoms with Gasteiger partial charge in [-0.2, -0.15) is 13.2 Å². The molecule has 3 aromatic heterocycles. The summed E-state index contributed by atoms with van der Waals surface area (Å²) in [6, 6.07) is 6.81. The molecule has 2 fully saturated rings. The number of alkyl halides is 3. The highest BCUT2D eigenvalue weighted by Crippen LogP contribution is 2.47. The van der Waals surface area contributed by atoms with Crippen LogP contribution in [0.15, 0.2) is 43.0 Å². The third-order valence-electron chi connectivity index (χ3n) is 6.72. The summed E-state index contributed by atoms with van der Waals surface area (Å²) in [6.07, 6.45) is 5.65. The number of nitrogens with zero attached hydrogens (tertiary/aromatic N) is 3. The van der Waals surface area contributed by atoms with Gasteiger partial charge in [0, 0.05) is 6.20 Å². The van der Waals surface area contributed by atoms with E-state index in [0.717, 1.165) is 61.4 Å². The number of aromatic nitrogens is 3. The van der Waals surface area contributed by atoms with Crippen LogP contribution in [0.4, 0.5) is 13.2 Å². The predicted molar refractivity (Wildman–Crippen MR) is 106 cm³/mol. The maximum Gasteiger partial charge on any atom is 0.433 e. The van der Waals surface area contributed by atoms with Crippen molar-refractivity contribution < 1.29 is 18.3 Å². The van der Waals surface area contributed by atoms with E-state index in [1.807, 2.05) is 4.40 Å². The number of imidazole rings is 1. The van der Waals surface area contributed by atoms with Crippen LogP contribution in [0.3, 0.4) is 0 Å². The number of aliphatic hydroxyl groups excluding tert-OH is 1. The molecule has 0 aliphatic heterocycles. The van der Waals surface area contributed by atoms with Gasteiger partial charge in [0.1, 0.15) is 5.69 Å². The highest BCUT2D eigenvalue weighted by molar-refractivity contribution is 5.50. The third kappa shape index (κ3) is 3.60. The summed E-state index contributed by atoms with van der Waals surface area (Å²) in [5, 5.41) is 11.3. The Hall–Kier alpha value is -2.41. The van der Waals surface area contributed by atoms with Gasteiger partial charge in [0.05, 0.1) is 29.8 Å². The summed E-state index contributed by atoms with van der Waals surface area (Å²) < 4.78 is 40.3. The Labute approximate surface area is 172 Å². The lowest BCUT2D eigenvalue weighted by Crippen LogP contribution is -2.22. The van der Waals surface area contributed by atoms with Crippen LogP contribution in [0, 0.1) is 5.92 Å². The number of pyridine rings is 2. The summed E-state index contributed by atoms with van der Waals surface area (Å²) in [5.74, 6) is 0.848. The molecule has 3 heterocycles. The Morgan fingerprint density at radius 2 is 1.67 bits per heavy atom. The van der Waals surface area contributed by atoms with Gasteiger partial charge in [-0.15, -0.1) is 0 Å². The van der Waals surface area contributed by atoms with E-state index >= 15 is 0 Å². The first kappa shape index (κ1) is 19.5. The zero-order valence-corrected chi connectivity index (χ0v) is 16.5. The fourth-order valence-corrected chi connectivity index (χ4v) is 4.89. The fraction of sp³-hybridized carbons (Fsp3) is 0.478. The van der Waals surface area contributed by atoms with E-state index in [4.69, 9.17) is 0 Å². The topological polar surface area (TPSA) is 50.4 Å². The number of fused-ring (bicyclic) bond motifs is 1. The molecule has 3 aromatic rings. The standard InChI is InChI=1S/C23H24F3N3O/c24-23(25,26)20-10-7-17(11-28-20)14-1-5-16(6-2-14)22(30)21-19(15-3-4-15)9-8-18-12-27-13-29(18)21/h7-16,22,30H,1-6H2. The van der Waals surface area contributed by atoms with E-state index in [1.54, 1.807) is 18.6 Å². The van der Waals surface area contributed by atoms with Crippen LogP contribution >= 0.6 is 0 Å². The zero-order valence-electron chi connectivity index (χ0n) is 16.5. The van der Waals surface area contributed by atoms with Crippen molar-refractivity contribution in [2.24, 2.45) is 5.92 Å². The van der Waals surface area contributed by atoms with Gasteiger partial charge in [-0.3, -0.25) is 4.98 Å². The lowest BCUT2D eigenvalue weighted by molar-refractivity contribution is -0.141. The smallest absolute Gasteiger partial charge is 0.387 e. The van der Waals surface area contributed by atoms with Crippen molar-refractivity contribution in [1.82, 2.24) is 14.4 Å². The van der Waals surface area contributed by atoms with Gasteiger partial charge in [0.2, 0.25) is 0 Å². The second-order valence-electron chi connectivity index (χ2n) is 8.67. The normalized spacial score (nSPS) is 23.6. The number of hydrogen-bond acceptors (Lipinski definition) is 3. The Bertz CT molecular complexity index is 1030. The van der Waals surface area contributed by atoms with E-state index in [-0.39, 0.29) is 11.8 Å². The molecule has 158 valence electrons. The molecule has 0 saturated heterocycles. The number of halogens is 3. The van der Waals surface area contributed by atoms with Crippen LogP contribution in [-0.4, -0.2) is 19.5 Å². The second kappa shape index (κ2) is 7.38. The largest absolute Gasteiger partial charge is 0.433 e. The fourth-order valence-electron chi connectivity index (χ4n) is 4.89. The highest BCUT2D eigenvalue weighted by Gasteiger charge is 2.35. The van der Waals surface area contributed by atoms with Crippen molar-refractivity contribution in [3.8, 4) is 0 Å². The van der Waals surface area contributed by atoms with Gasteiger partial charge in [-0.05, 0) is 79.5 Å². The molecule has 2 saturated carbocycles. The first-order chi connectivity index (χ1) is 14.4. The highest BCUT2D eigenvalue weighted by atomic mass is 19.4.